The molecule has 68 valence electrons. The van der Waals surface area contributed by atoms with Crippen LogP contribution in [0, 0.1) is 0 Å². The van der Waals surface area contributed by atoms with Crippen LogP contribution in [0.3, 0.4) is 0 Å². The first-order chi connectivity index (χ1) is 5.52. The predicted molar refractivity (Wildman–Crippen MR) is 41.8 cm³/mol. The first-order valence-electron chi connectivity index (χ1n) is 3.16. The summed E-state index contributed by atoms with van der Waals surface area (Å²) in [6.07, 6.45) is 1.54. The van der Waals surface area contributed by atoms with Crippen molar-refractivity contribution in [3.63, 3.8) is 0 Å². The van der Waals surface area contributed by atoms with Crippen molar-refractivity contribution in [2.75, 3.05) is 7.05 Å². The molecule has 1 aliphatic rings. The van der Waals surface area contributed by atoms with Crippen LogP contribution in [-0.2, 0) is 0 Å². The molecule has 0 N–H and O–H groups in total. The van der Waals surface area contributed by atoms with E-state index in [2.05, 4.69) is 5.53 Å². The van der Waals surface area contributed by atoms with Gasteiger partial charge in [0.05, 0.1) is 0 Å². The number of hydrogen-bond acceptors (Lipinski definition) is 2. The zero-order valence-electron chi connectivity index (χ0n) is 6.55. The van der Waals surface area contributed by atoms with E-state index in [1.807, 2.05) is 0 Å². The van der Waals surface area contributed by atoms with Crippen LogP contribution in [0.25, 0.3) is 5.53 Å². The standard InChI is InChI=1S/C6H7ClF2N3/c1-4-3-11(2)10-12(4)6(9)5(7)8/h3H,1-2H3/q-1/b6-5+. The Morgan fingerprint density at radius 3 is 2.50 bits per heavy atom. The molecule has 0 aliphatic carbocycles. The van der Waals surface area contributed by atoms with E-state index in [0.29, 0.717) is 5.70 Å². The van der Waals surface area contributed by atoms with Crippen LogP contribution in [0.15, 0.2) is 23.1 Å². The average molecular weight is 195 g/mol. The summed E-state index contributed by atoms with van der Waals surface area (Å²) in [7, 11) is 1.60. The van der Waals surface area contributed by atoms with Gasteiger partial charge in [-0.25, -0.2) is 0 Å². The molecule has 0 bridgehead atoms. The van der Waals surface area contributed by atoms with Gasteiger partial charge < -0.3 is 15.6 Å². The van der Waals surface area contributed by atoms with Gasteiger partial charge in [0.25, 0.3) is 0 Å². The summed E-state index contributed by atoms with van der Waals surface area (Å²) in [5, 5.41) is 0.735. The Morgan fingerprint density at radius 1 is 1.58 bits per heavy atom. The maximum absolute atomic E-state index is 12.8. The molecule has 0 aromatic carbocycles. The lowest BCUT2D eigenvalue weighted by atomic mass is 10.5. The Balaban J connectivity index is 2.81. The highest BCUT2D eigenvalue weighted by Gasteiger charge is 2.12. The minimum Gasteiger partial charge on any atom is -0.468 e. The van der Waals surface area contributed by atoms with E-state index in [0.717, 1.165) is 5.01 Å². The topological polar surface area (TPSA) is 20.6 Å². The monoisotopic (exact) mass is 194 g/mol. The molecular formula is C6H7ClF2N3-. The van der Waals surface area contributed by atoms with Crippen LogP contribution in [0.4, 0.5) is 8.78 Å². The molecule has 12 heavy (non-hydrogen) atoms. The molecule has 1 aliphatic heterocycles. The highest BCUT2D eigenvalue weighted by atomic mass is 35.5. The van der Waals surface area contributed by atoms with Crippen molar-refractivity contribution in [1.29, 1.82) is 0 Å². The second-order valence-electron chi connectivity index (χ2n) is 2.30. The minimum absolute atomic E-state index is 0.464. The molecule has 0 saturated carbocycles. The lowest BCUT2D eigenvalue weighted by molar-refractivity contribution is 0.341. The lowest BCUT2D eigenvalue weighted by Crippen LogP contribution is -2.12. The van der Waals surface area contributed by atoms with Gasteiger partial charge in [0.15, 0.2) is 0 Å². The molecule has 0 amide bonds. The summed E-state index contributed by atoms with van der Waals surface area (Å²) in [5.74, 6) is -1.20. The summed E-state index contributed by atoms with van der Waals surface area (Å²) in [6.45, 7) is 1.59. The van der Waals surface area contributed by atoms with Gasteiger partial charge in [-0.15, -0.1) is 0 Å². The third-order valence-corrected chi connectivity index (χ3v) is 1.44. The third-order valence-electron chi connectivity index (χ3n) is 1.28. The molecule has 0 aromatic rings. The van der Waals surface area contributed by atoms with E-state index in [1.165, 1.54) is 5.01 Å². The maximum Gasteiger partial charge on any atom is 0.241 e. The lowest BCUT2D eigenvalue weighted by Gasteiger charge is -2.35. The second-order valence-corrected chi connectivity index (χ2v) is 2.63. The van der Waals surface area contributed by atoms with Gasteiger partial charge in [-0.3, -0.25) is 0 Å². The molecule has 1 rings (SSSR count). The van der Waals surface area contributed by atoms with Crippen LogP contribution >= 0.6 is 11.6 Å². The predicted octanol–water partition coefficient (Wildman–Crippen LogP) is 2.60. The summed E-state index contributed by atoms with van der Waals surface area (Å²) >= 11 is 4.81. The molecular weight excluding hydrogens is 188 g/mol. The number of hydrogen-bond donors (Lipinski definition) is 0. The zero-order chi connectivity index (χ0) is 9.30. The fourth-order valence-electron chi connectivity index (χ4n) is 0.837. The van der Waals surface area contributed by atoms with E-state index < -0.39 is 11.2 Å². The number of allylic oxidation sites excluding steroid dienone is 1. The van der Waals surface area contributed by atoms with Crippen molar-refractivity contribution in [2.24, 2.45) is 0 Å². The van der Waals surface area contributed by atoms with Gasteiger partial charge in [-0.2, -0.15) is 8.78 Å². The first kappa shape index (κ1) is 9.28. The molecule has 0 atom stereocenters. The van der Waals surface area contributed by atoms with Crippen molar-refractivity contribution >= 4 is 11.6 Å². The Labute approximate surface area is 73.8 Å². The van der Waals surface area contributed by atoms with E-state index in [-0.39, 0.29) is 0 Å². The van der Waals surface area contributed by atoms with Crippen LogP contribution < -0.4 is 0 Å². The molecule has 0 aromatic heterocycles. The first-order valence-corrected chi connectivity index (χ1v) is 3.54. The quantitative estimate of drug-likeness (QED) is 0.598. The number of rotatable bonds is 1. The normalized spacial score (nSPS) is 19.6. The van der Waals surface area contributed by atoms with Crippen LogP contribution in [0.2, 0.25) is 0 Å². The highest BCUT2D eigenvalue weighted by Crippen LogP contribution is 2.29. The van der Waals surface area contributed by atoms with Gasteiger partial charge in [0, 0.05) is 11.9 Å². The van der Waals surface area contributed by atoms with Gasteiger partial charge in [-0.1, -0.05) is 0 Å². The minimum atomic E-state index is -1.40. The van der Waals surface area contributed by atoms with E-state index in [4.69, 9.17) is 11.6 Å². The van der Waals surface area contributed by atoms with E-state index >= 15 is 0 Å². The zero-order valence-corrected chi connectivity index (χ0v) is 7.31. The third kappa shape index (κ3) is 1.67. The van der Waals surface area contributed by atoms with Crippen LogP contribution in [0.5, 0.6) is 0 Å². The maximum atomic E-state index is 12.8. The van der Waals surface area contributed by atoms with Gasteiger partial charge >= 0.3 is 0 Å². The summed E-state index contributed by atoms with van der Waals surface area (Å²) in [4.78, 5) is 0. The fourth-order valence-corrected chi connectivity index (χ4v) is 0.917. The van der Waals surface area contributed by atoms with Crippen LogP contribution in [-0.4, -0.2) is 17.1 Å². The molecule has 3 nitrogen and oxygen atoms in total. The smallest absolute Gasteiger partial charge is 0.241 e. The van der Waals surface area contributed by atoms with Crippen molar-refractivity contribution in [1.82, 2.24) is 10.0 Å². The Hall–Kier alpha value is -0.810. The molecule has 6 heteroatoms. The van der Waals surface area contributed by atoms with Crippen molar-refractivity contribution in [3.8, 4) is 0 Å². The molecule has 1 heterocycles. The van der Waals surface area contributed by atoms with Gasteiger partial charge in [-0.05, 0) is 25.6 Å². The number of nitrogens with zero attached hydrogens (tertiary/aromatic N) is 3. The van der Waals surface area contributed by atoms with E-state index in [9.17, 15) is 8.78 Å². The van der Waals surface area contributed by atoms with Crippen molar-refractivity contribution in [3.05, 3.63) is 28.7 Å². The van der Waals surface area contributed by atoms with Crippen molar-refractivity contribution < 1.29 is 8.78 Å². The molecule has 0 unspecified atom stereocenters. The number of halogens is 3. The Bertz CT molecular complexity index is 247. The summed E-state index contributed by atoms with van der Waals surface area (Å²) < 4.78 is 25.0. The molecule has 0 radical (unpaired) electrons. The molecule has 0 fully saturated rings. The SMILES string of the molecule is CC1=CN(C)[N-]N1/C(F)=C(/F)Cl. The molecule has 0 saturated heterocycles. The Kier molecular flexibility index (Phi) is 2.54. The highest BCUT2D eigenvalue weighted by molar-refractivity contribution is 6.28. The largest absolute Gasteiger partial charge is 0.468 e. The second kappa shape index (κ2) is 3.28. The van der Waals surface area contributed by atoms with Crippen molar-refractivity contribution in [2.45, 2.75) is 6.92 Å². The summed E-state index contributed by atoms with van der Waals surface area (Å²) in [5.41, 5.74) is 4.07. The average Bonchev–Trinajstić information content (AvgIpc) is 2.28. The summed E-state index contributed by atoms with van der Waals surface area (Å²) in [6, 6.07) is 0. The Morgan fingerprint density at radius 2 is 2.17 bits per heavy atom. The van der Waals surface area contributed by atoms with Gasteiger partial charge in [0.2, 0.25) is 11.2 Å². The molecule has 0 spiro atoms. The van der Waals surface area contributed by atoms with E-state index in [1.54, 1.807) is 20.2 Å². The van der Waals surface area contributed by atoms with Gasteiger partial charge in [0.1, 0.15) is 0 Å². The fraction of sp³-hybridized carbons (Fsp3) is 0.333. The van der Waals surface area contributed by atoms with Crippen LogP contribution in [0.1, 0.15) is 6.92 Å².